The average molecular weight is 341 g/mol. The van der Waals surface area contributed by atoms with Crippen LogP contribution in [0.1, 0.15) is 21.5 Å². The number of carbonyl (C=O) groups is 1. The highest BCUT2D eigenvalue weighted by Gasteiger charge is 2.13. The average Bonchev–Trinajstić information content (AvgIpc) is 3.09. The van der Waals surface area contributed by atoms with Gasteiger partial charge in [0.1, 0.15) is 0 Å². The first kappa shape index (κ1) is 16.2. The van der Waals surface area contributed by atoms with Crippen LogP contribution in [0.5, 0.6) is 0 Å². The van der Waals surface area contributed by atoms with Gasteiger partial charge in [0.25, 0.3) is 5.91 Å². The fourth-order valence-electron chi connectivity index (χ4n) is 2.39. The minimum atomic E-state index is -0.171. The standard InChI is InChI=1S/C18H17ClN4O/c19-15-5-3-4-13(8-15)10-21-18(24)16-6-1-2-7-17(16)23-12-14(9-20)11-22-23/h1-8,11-12H,9-10,20H2,(H,21,24). The van der Waals surface area contributed by atoms with Gasteiger partial charge < -0.3 is 11.1 Å². The molecular formula is C18H17ClN4O. The summed E-state index contributed by atoms with van der Waals surface area (Å²) in [6, 6.07) is 14.7. The minimum absolute atomic E-state index is 0.171. The van der Waals surface area contributed by atoms with E-state index >= 15 is 0 Å². The molecule has 0 unspecified atom stereocenters. The number of aromatic nitrogens is 2. The van der Waals surface area contributed by atoms with Gasteiger partial charge in [0.2, 0.25) is 0 Å². The lowest BCUT2D eigenvalue weighted by Crippen LogP contribution is -2.24. The van der Waals surface area contributed by atoms with Gasteiger partial charge in [0.05, 0.1) is 17.4 Å². The number of halogens is 1. The van der Waals surface area contributed by atoms with Gasteiger partial charge in [-0.2, -0.15) is 5.10 Å². The van der Waals surface area contributed by atoms with Crippen molar-refractivity contribution in [3.8, 4) is 5.69 Å². The lowest BCUT2D eigenvalue weighted by Gasteiger charge is -2.10. The molecule has 3 aromatic rings. The summed E-state index contributed by atoms with van der Waals surface area (Å²) in [4.78, 5) is 12.6. The van der Waals surface area contributed by atoms with E-state index < -0.39 is 0 Å². The van der Waals surface area contributed by atoms with E-state index in [0.717, 1.165) is 11.1 Å². The molecule has 0 bridgehead atoms. The molecule has 122 valence electrons. The zero-order valence-corrected chi connectivity index (χ0v) is 13.7. The maximum absolute atomic E-state index is 12.6. The van der Waals surface area contributed by atoms with Gasteiger partial charge in [-0.05, 0) is 29.8 Å². The number of nitrogens with two attached hydrogens (primary N) is 1. The Bertz CT molecular complexity index is 859. The van der Waals surface area contributed by atoms with Crippen LogP contribution < -0.4 is 11.1 Å². The first-order valence-electron chi connectivity index (χ1n) is 7.53. The second kappa shape index (κ2) is 7.29. The molecule has 24 heavy (non-hydrogen) atoms. The summed E-state index contributed by atoms with van der Waals surface area (Å²) in [6.07, 6.45) is 3.52. The smallest absolute Gasteiger partial charge is 0.253 e. The number of nitrogens with one attached hydrogen (secondary N) is 1. The number of benzene rings is 2. The molecule has 0 spiro atoms. The van der Waals surface area contributed by atoms with E-state index in [4.69, 9.17) is 17.3 Å². The molecule has 3 N–H and O–H groups in total. The number of carbonyl (C=O) groups excluding carboxylic acids is 1. The van der Waals surface area contributed by atoms with E-state index in [2.05, 4.69) is 10.4 Å². The van der Waals surface area contributed by atoms with Gasteiger partial charge in [0.15, 0.2) is 0 Å². The summed E-state index contributed by atoms with van der Waals surface area (Å²) >= 11 is 5.96. The topological polar surface area (TPSA) is 72.9 Å². The van der Waals surface area contributed by atoms with Crippen molar-refractivity contribution in [3.05, 3.63) is 82.6 Å². The Hall–Kier alpha value is -2.63. The van der Waals surface area contributed by atoms with Crippen LogP contribution in [0.3, 0.4) is 0 Å². The van der Waals surface area contributed by atoms with Crippen LogP contribution in [0.25, 0.3) is 5.69 Å². The van der Waals surface area contributed by atoms with Crippen LogP contribution >= 0.6 is 11.6 Å². The number of nitrogens with zero attached hydrogens (tertiary/aromatic N) is 2. The van der Waals surface area contributed by atoms with Crippen LogP contribution in [-0.2, 0) is 13.1 Å². The van der Waals surface area contributed by atoms with Crippen molar-refractivity contribution in [2.75, 3.05) is 0 Å². The van der Waals surface area contributed by atoms with Crippen molar-refractivity contribution in [3.63, 3.8) is 0 Å². The van der Waals surface area contributed by atoms with Crippen LogP contribution in [0.15, 0.2) is 60.9 Å². The highest BCUT2D eigenvalue weighted by atomic mass is 35.5. The van der Waals surface area contributed by atoms with E-state index in [9.17, 15) is 4.79 Å². The Morgan fingerprint density at radius 3 is 2.75 bits per heavy atom. The van der Waals surface area contributed by atoms with E-state index in [-0.39, 0.29) is 5.91 Å². The molecule has 0 radical (unpaired) electrons. The molecule has 3 rings (SSSR count). The van der Waals surface area contributed by atoms with Gasteiger partial charge in [-0.25, -0.2) is 4.68 Å². The summed E-state index contributed by atoms with van der Waals surface area (Å²) in [7, 11) is 0. The molecular weight excluding hydrogens is 324 g/mol. The number of para-hydroxylation sites is 1. The quantitative estimate of drug-likeness (QED) is 0.750. The number of hydrogen-bond donors (Lipinski definition) is 2. The van der Waals surface area contributed by atoms with Crippen LogP contribution in [0, 0.1) is 0 Å². The minimum Gasteiger partial charge on any atom is -0.348 e. The molecule has 2 aromatic carbocycles. The van der Waals surface area contributed by atoms with Crippen molar-refractivity contribution >= 4 is 17.5 Å². The molecule has 6 heteroatoms. The molecule has 1 aromatic heterocycles. The first-order valence-corrected chi connectivity index (χ1v) is 7.91. The lowest BCUT2D eigenvalue weighted by molar-refractivity contribution is 0.0950. The zero-order valence-electron chi connectivity index (χ0n) is 12.9. The molecule has 5 nitrogen and oxygen atoms in total. The predicted molar refractivity (Wildman–Crippen MR) is 94.1 cm³/mol. The molecule has 0 saturated heterocycles. The summed E-state index contributed by atoms with van der Waals surface area (Å²) in [5.41, 5.74) is 8.73. The van der Waals surface area contributed by atoms with E-state index in [1.54, 1.807) is 23.0 Å². The fourth-order valence-corrected chi connectivity index (χ4v) is 2.60. The Morgan fingerprint density at radius 1 is 1.17 bits per heavy atom. The largest absolute Gasteiger partial charge is 0.348 e. The molecule has 0 aliphatic rings. The predicted octanol–water partition coefficient (Wildman–Crippen LogP) is 2.91. The summed E-state index contributed by atoms with van der Waals surface area (Å²) < 4.78 is 1.66. The maximum Gasteiger partial charge on any atom is 0.253 e. The molecule has 0 saturated carbocycles. The first-order chi connectivity index (χ1) is 11.7. The van der Waals surface area contributed by atoms with Gasteiger partial charge in [-0.1, -0.05) is 35.9 Å². The van der Waals surface area contributed by atoms with E-state index in [0.29, 0.717) is 29.4 Å². The highest BCUT2D eigenvalue weighted by Crippen LogP contribution is 2.15. The Morgan fingerprint density at radius 2 is 2.00 bits per heavy atom. The third-order valence-corrected chi connectivity index (χ3v) is 3.84. The van der Waals surface area contributed by atoms with Crippen molar-refractivity contribution < 1.29 is 4.79 Å². The van der Waals surface area contributed by atoms with Crippen molar-refractivity contribution in [1.82, 2.24) is 15.1 Å². The number of hydrogen-bond acceptors (Lipinski definition) is 3. The Balaban J connectivity index is 1.80. The van der Waals surface area contributed by atoms with E-state index in [1.165, 1.54) is 0 Å². The Labute approximate surface area is 145 Å². The van der Waals surface area contributed by atoms with Crippen molar-refractivity contribution in [1.29, 1.82) is 0 Å². The second-order valence-corrected chi connectivity index (χ2v) is 5.76. The van der Waals surface area contributed by atoms with Crippen molar-refractivity contribution in [2.45, 2.75) is 13.1 Å². The van der Waals surface area contributed by atoms with Gasteiger partial charge in [-0.15, -0.1) is 0 Å². The molecule has 1 amide bonds. The lowest BCUT2D eigenvalue weighted by atomic mass is 10.1. The molecule has 0 atom stereocenters. The van der Waals surface area contributed by atoms with Gasteiger partial charge in [-0.3, -0.25) is 4.79 Å². The summed E-state index contributed by atoms with van der Waals surface area (Å²) in [5, 5.41) is 7.83. The maximum atomic E-state index is 12.6. The van der Waals surface area contributed by atoms with Gasteiger partial charge >= 0.3 is 0 Å². The normalized spacial score (nSPS) is 10.6. The SMILES string of the molecule is NCc1cnn(-c2ccccc2C(=O)NCc2cccc(Cl)c2)c1. The molecule has 1 heterocycles. The van der Waals surface area contributed by atoms with Crippen LogP contribution in [0.4, 0.5) is 0 Å². The summed E-state index contributed by atoms with van der Waals surface area (Å²) in [5.74, 6) is -0.171. The van der Waals surface area contributed by atoms with Crippen LogP contribution in [-0.4, -0.2) is 15.7 Å². The van der Waals surface area contributed by atoms with E-state index in [1.807, 2.05) is 42.6 Å². The molecule has 0 aliphatic carbocycles. The summed E-state index contributed by atoms with van der Waals surface area (Å²) in [6.45, 7) is 0.810. The fraction of sp³-hybridized carbons (Fsp3) is 0.111. The Kier molecular flexibility index (Phi) is 4.93. The second-order valence-electron chi connectivity index (χ2n) is 5.33. The third-order valence-electron chi connectivity index (χ3n) is 3.61. The van der Waals surface area contributed by atoms with Crippen molar-refractivity contribution in [2.24, 2.45) is 5.73 Å². The number of amides is 1. The highest BCUT2D eigenvalue weighted by molar-refractivity contribution is 6.30. The number of rotatable bonds is 5. The molecule has 0 aliphatic heterocycles. The monoisotopic (exact) mass is 340 g/mol. The van der Waals surface area contributed by atoms with Gasteiger partial charge in [0, 0.05) is 29.9 Å². The molecule has 0 fully saturated rings. The zero-order chi connectivity index (χ0) is 16.9. The third kappa shape index (κ3) is 3.64. The van der Waals surface area contributed by atoms with Crippen LogP contribution in [0.2, 0.25) is 5.02 Å².